The molecule has 2 atom stereocenters. The standard InChI is InChI=1S/C25H25ClFN5O4S/c1-14-19(24(34)35)8-15(29-22(14)32(13-36-2)25-28-6-7-37-25)10-30-11-17-9-16(30)12-31(17)23(33)18-4-3-5-20(26)21(18)27/h3-8,16-17H,9-13H2,1-2H3,(H,34,35)/t16-,17-/m0/s1. The fourth-order valence-corrected chi connectivity index (χ4v) is 5.93. The highest BCUT2D eigenvalue weighted by Gasteiger charge is 2.45. The van der Waals surface area contributed by atoms with Crippen LogP contribution in [0, 0.1) is 12.7 Å². The number of methoxy groups -OCH3 is 1. The quantitative estimate of drug-likeness (QED) is 0.421. The highest BCUT2D eigenvalue weighted by Crippen LogP contribution is 2.35. The first-order chi connectivity index (χ1) is 17.8. The summed E-state index contributed by atoms with van der Waals surface area (Å²) in [5, 5.41) is 12.3. The lowest BCUT2D eigenvalue weighted by Gasteiger charge is -2.34. The number of aromatic carboxylic acids is 1. The van der Waals surface area contributed by atoms with Gasteiger partial charge in [0, 0.05) is 56.0 Å². The molecular weight excluding hydrogens is 521 g/mol. The first kappa shape index (κ1) is 25.5. The highest BCUT2D eigenvalue weighted by atomic mass is 35.5. The smallest absolute Gasteiger partial charge is 0.336 e. The van der Waals surface area contributed by atoms with Crippen molar-refractivity contribution in [1.29, 1.82) is 0 Å². The van der Waals surface area contributed by atoms with Gasteiger partial charge in [-0.05, 0) is 31.5 Å². The third-order valence-electron chi connectivity index (χ3n) is 6.86. The molecule has 0 spiro atoms. The van der Waals surface area contributed by atoms with Crippen LogP contribution in [0.3, 0.4) is 0 Å². The summed E-state index contributed by atoms with van der Waals surface area (Å²) in [6.07, 6.45) is 2.43. The molecule has 2 saturated heterocycles. The second-order valence-corrected chi connectivity index (χ2v) is 10.4. The molecule has 194 valence electrons. The summed E-state index contributed by atoms with van der Waals surface area (Å²) in [5.41, 5.74) is 1.26. The van der Waals surface area contributed by atoms with E-state index in [1.807, 2.05) is 5.38 Å². The van der Waals surface area contributed by atoms with Gasteiger partial charge in [-0.15, -0.1) is 11.3 Å². The van der Waals surface area contributed by atoms with Gasteiger partial charge < -0.3 is 14.7 Å². The van der Waals surface area contributed by atoms with Crippen LogP contribution in [-0.2, 0) is 11.3 Å². The second-order valence-electron chi connectivity index (χ2n) is 9.11. The van der Waals surface area contributed by atoms with Gasteiger partial charge in [-0.25, -0.2) is 19.2 Å². The molecular formula is C25H25ClFN5O4S. The summed E-state index contributed by atoms with van der Waals surface area (Å²) < 4.78 is 19.8. The molecule has 2 aliphatic rings. The van der Waals surface area contributed by atoms with Crippen LogP contribution in [0.2, 0.25) is 5.02 Å². The van der Waals surface area contributed by atoms with Crippen LogP contribution >= 0.6 is 22.9 Å². The average molecular weight is 546 g/mol. The first-order valence-electron chi connectivity index (χ1n) is 11.7. The van der Waals surface area contributed by atoms with E-state index >= 15 is 0 Å². The number of carboxylic acids is 1. The maximum absolute atomic E-state index is 14.4. The summed E-state index contributed by atoms with van der Waals surface area (Å²) in [5.74, 6) is -1.63. The molecule has 37 heavy (non-hydrogen) atoms. The number of pyridine rings is 1. The van der Waals surface area contributed by atoms with Gasteiger partial charge >= 0.3 is 5.97 Å². The van der Waals surface area contributed by atoms with Crippen LogP contribution in [0.25, 0.3) is 0 Å². The number of benzene rings is 1. The zero-order valence-electron chi connectivity index (χ0n) is 20.2. The Morgan fingerprint density at radius 3 is 2.76 bits per heavy atom. The van der Waals surface area contributed by atoms with Crippen molar-refractivity contribution in [3.63, 3.8) is 0 Å². The number of hydrogen-bond donors (Lipinski definition) is 1. The molecule has 1 N–H and O–H groups in total. The Morgan fingerprint density at radius 1 is 1.30 bits per heavy atom. The molecule has 1 amide bonds. The number of amides is 1. The van der Waals surface area contributed by atoms with Crippen LogP contribution in [0.4, 0.5) is 15.3 Å². The number of carbonyl (C=O) groups is 2. The molecule has 0 aliphatic carbocycles. The Hall–Kier alpha value is -3.12. The molecule has 0 unspecified atom stereocenters. The number of nitrogens with zero attached hydrogens (tertiary/aromatic N) is 5. The molecule has 1 aromatic carbocycles. The molecule has 0 radical (unpaired) electrons. The Morgan fingerprint density at radius 2 is 2.11 bits per heavy atom. The van der Waals surface area contributed by atoms with Crippen molar-refractivity contribution in [2.75, 3.05) is 31.8 Å². The number of ether oxygens (including phenoxy) is 1. The van der Waals surface area contributed by atoms with Gasteiger partial charge in [0.2, 0.25) is 0 Å². The molecule has 5 rings (SSSR count). The number of carbonyl (C=O) groups excluding carboxylic acids is 1. The SMILES string of the molecule is COCN(c1nccs1)c1nc(CN2C[C@@H]3C[C@H]2CN3C(=O)c2cccc(Cl)c2F)cc(C(=O)O)c1C. The van der Waals surface area contributed by atoms with E-state index < -0.39 is 11.8 Å². The third kappa shape index (κ3) is 4.79. The Labute approximate surface area is 222 Å². The number of hydrogen-bond acceptors (Lipinski definition) is 8. The van der Waals surface area contributed by atoms with Crippen molar-refractivity contribution in [2.24, 2.45) is 0 Å². The summed E-state index contributed by atoms with van der Waals surface area (Å²) in [6, 6.07) is 6.03. The van der Waals surface area contributed by atoms with Gasteiger partial charge in [0.1, 0.15) is 12.5 Å². The van der Waals surface area contributed by atoms with Gasteiger partial charge in [-0.3, -0.25) is 14.6 Å². The minimum atomic E-state index is -1.04. The lowest BCUT2D eigenvalue weighted by atomic mass is 10.1. The van der Waals surface area contributed by atoms with E-state index in [9.17, 15) is 19.1 Å². The van der Waals surface area contributed by atoms with E-state index in [4.69, 9.17) is 21.3 Å². The van der Waals surface area contributed by atoms with Gasteiger partial charge in [0.25, 0.3) is 5.91 Å². The fourth-order valence-electron chi connectivity index (χ4n) is 5.12. The largest absolute Gasteiger partial charge is 0.478 e. The summed E-state index contributed by atoms with van der Waals surface area (Å²) in [7, 11) is 1.56. The molecule has 9 nitrogen and oxygen atoms in total. The average Bonchev–Trinajstić information content (AvgIpc) is 3.63. The Bertz CT molecular complexity index is 1340. The molecule has 2 fully saturated rings. The Balaban J connectivity index is 1.37. The molecule has 2 aromatic heterocycles. The summed E-state index contributed by atoms with van der Waals surface area (Å²) in [4.78, 5) is 39.9. The van der Waals surface area contributed by atoms with E-state index in [2.05, 4.69) is 9.88 Å². The van der Waals surface area contributed by atoms with Gasteiger partial charge in [-0.1, -0.05) is 17.7 Å². The van der Waals surface area contributed by atoms with Crippen LogP contribution in [0.15, 0.2) is 35.8 Å². The van der Waals surface area contributed by atoms with Crippen molar-refractivity contribution >= 4 is 45.8 Å². The maximum Gasteiger partial charge on any atom is 0.336 e. The second kappa shape index (κ2) is 10.3. The zero-order chi connectivity index (χ0) is 26.3. The van der Waals surface area contributed by atoms with Crippen molar-refractivity contribution in [1.82, 2.24) is 19.8 Å². The number of carboxylic acid groups (broad SMARTS) is 1. The number of likely N-dealkylation sites (tertiary alicyclic amines) is 2. The minimum Gasteiger partial charge on any atom is -0.478 e. The maximum atomic E-state index is 14.4. The molecule has 3 aromatic rings. The predicted molar refractivity (Wildman–Crippen MR) is 137 cm³/mol. The number of anilines is 2. The van der Waals surface area contributed by atoms with Crippen molar-refractivity contribution in [3.8, 4) is 0 Å². The molecule has 0 saturated carbocycles. The van der Waals surface area contributed by atoms with Gasteiger partial charge in [0.15, 0.2) is 10.9 Å². The number of fused-ring (bicyclic) bond motifs is 2. The molecule has 2 bridgehead atoms. The van der Waals surface area contributed by atoms with Crippen LogP contribution in [0.5, 0.6) is 0 Å². The predicted octanol–water partition coefficient (Wildman–Crippen LogP) is 4.18. The van der Waals surface area contributed by atoms with Crippen LogP contribution in [0.1, 0.15) is 38.4 Å². The van der Waals surface area contributed by atoms with Gasteiger partial charge in [-0.2, -0.15) is 0 Å². The van der Waals surface area contributed by atoms with Crippen molar-refractivity contribution in [3.05, 3.63) is 69.1 Å². The van der Waals surface area contributed by atoms with E-state index in [0.717, 1.165) is 6.42 Å². The van der Waals surface area contributed by atoms with Crippen LogP contribution < -0.4 is 4.90 Å². The molecule has 4 heterocycles. The van der Waals surface area contributed by atoms with E-state index in [1.165, 1.54) is 23.5 Å². The normalized spacial score (nSPS) is 19.0. The lowest BCUT2D eigenvalue weighted by molar-refractivity contribution is 0.0608. The number of rotatable bonds is 8. The fraction of sp³-hybridized carbons (Fsp3) is 0.360. The van der Waals surface area contributed by atoms with Crippen molar-refractivity contribution in [2.45, 2.75) is 32.0 Å². The number of aromatic nitrogens is 2. The topological polar surface area (TPSA) is 99.1 Å². The third-order valence-corrected chi connectivity index (χ3v) is 7.94. The van der Waals surface area contributed by atoms with Crippen LogP contribution in [-0.4, -0.2) is 75.8 Å². The van der Waals surface area contributed by atoms with E-state index in [-0.39, 0.29) is 40.9 Å². The summed E-state index contributed by atoms with van der Waals surface area (Å²) in [6.45, 7) is 3.34. The van der Waals surface area contributed by atoms with E-state index in [1.54, 1.807) is 42.2 Å². The summed E-state index contributed by atoms with van der Waals surface area (Å²) >= 11 is 7.28. The number of halogens is 2. The lowest BCUT2D eigenvalue weighted by Crippen LogP contribution is -2.48. The van der Waals surface area contributed by atoms with E-state index in [0.29, 0.717) is 41.8 Å². The molecule has 2 aliphatic heterocycles. The van der Waals surface area contributed by atoms with Gasteiger partial charge in [0.05, 0.1) is 21.8 Å². The monoisotopic (exact) mass is 545 g/mol. The number of thiazole rings is 1. The van der Waals surface area contributed by atoms with Crippen molar-refractivity contribution < 1.29 is 23.8 Å². The molecule has 12 heteroatoms. The highest BCUT2D eigenvalue weighted by molar-refractivity contribution is 7.13. The Kier molecular flexibility index (Phi) is 7.13. The minimum absolute atomic E-state index is 0.0250. The first-order valence-corrected chi connectivity index (χ1v) is 12.9. The number of piperazine rings is 1. The zero-order valence-corrected chi connectivity index (χ0v) is 21.8.